The van der Waals surface area contributed by atoms with Crippen molar-refractivity contribution in [2.75, 3.05) is 26.2 Å². The van der Waals surface area contributed by atoms with Crippen molar-refractivity contribution in [2.24, 2.45) is 5.92 Å². The van der Waals surface area contributed by atoms with Crippen LogP contribution in [0, 0.1) is 19.8 Å². The summed E-state index contributed by atoms with van der Waals surface area (Å²) in [4.78, 5) is 27.9. The normalized spacial score (nSPS) is 15.5. The van der Waals surface area contributed by atoms with E-state index in [1.54, 1.807) is 43.0 Å². The number of carbonyl (C=O) groups excluding carboxylic acids is 1. The van der Waals surface area contributed by atoms with Crippen LogP contribution in [0.4, 0.5) is 0 Å². The molecule has 3 aromatic rings. The number of carbonyl (C=O) groups is 1. The van der Waals surface area contributed by atoms with Crippen molar-refractivity contribution in [3.8, 4) is 0 Å². The molecule has 1 aromatic carbocycles. The topological polar surface area (TPSA) is 119 Å². The second-order valence-electron chi connectivity index (χ2n) is 8.62. The van der Waals surface area contributed by atoms with Crippen LogP contribution in [0.15, 0.2) is 38.5 Å². The first kappa shape index (κ1) is 23.1. The Balaban J connectivity index is 1.61. The summed E-state index contributed by atoms with van der Waals surface area (Å²) in [5.74, 6) is 0.101. The fraction of sp³-hybridized carbons (Fsp3) is 0.455. The molecule has 0 N–H and O–H groups in total. The second-order valence-corrected chi connectivity index (χ2v) is 10.5. The minimum absolute atomic E-state index is 0.0794. The van der Waals surface area contributed by atoms with Crippen LogP contribution in [0.25, 0.3) is 10.8 Å². The quantitative estimate of drug-likeness (QED) is 0.554. The van der Waals surface area contributed by atoms with E-state index in [-0.39, 0.29) is 59.9 Å². The summed E-state index contributed by atoms with van der Waals surface area (Å²) in [6, 6.07) is 6.94. The fourth-order valence-corrected chi connectivity index (χ4v) is 5.83. The van der Waals surface area contributed by atoms with Crippen LogP contribution in [-0.4, -0.2) is 64.6 Å². The molecule has 0 atom stereocenters. The van der Waals surface area contributed by atoms with E-state index in [1.165, 1.54) is 8.99 Å². The minimum atomic E-state index is -3.78. The molecule has 176 valence electrons. The molecule has 1 aliphatic rings. The van der Waals surface area contributed by atoms with Crippen LogP contribution in [0.5, 0.6) is 0 Å². The SMILES string of the molecule is Cc1noc(C)c1S(=O)(=O)N1CCN(C(=O)c2nn(CC(C)C)c(=O)c3ccccc23)CC1. The van der Waals surface area contributed by atoms with Gasteiger partial charge in [-0.3, -0.25) is 9.59 Å². The van der Waals surface area contributed by atoms with Crippen molar-refractivity contribution in [3.63, 3.8) is 0 Å². The molecule has 0 spiro atoms. The van der Waals surface area contributed by atoms with Gasteiger partial charge in [0.1, 0.15) is 10.6 Å². The minimum Gasteiger partial charge on any atom is -0.360 e. The highest BCUT2D eigenvalue weighted by Gasteiger charge is 2.35. The van der Waals surface area contributed by atoms with E-state index in [9.17, 15) is 18.0 Å². The van der Waals surface area contributed by atoms with Gasteiger partial charge < -0.3 is 9.42 Å². The van der Waals surface area contributed by atoms with E-state index in [2.05, 4.69) is 10.3 Å². The number of fused-ring (bicyclic) bond motifs is 1. The average molecular weight is 474 g/mol. The number of piperazine rings is 1. The van der Waals surface area contributed by atoms with E-state index in [4.69, 9.17) is 4.52 Å². The maximum absolute atomic E-state index is 13.4. The Kier molecular flexibility index (Phi) is 6.10. The first-order valence-electron chi connectivity index (χ1n) is 10.8. The number of benzene rings is 1. The lowest BCUT2D eigenvalue weighted by Gasteiger charge is -2.33. The smallest absolute Gasteiger partial charge is 0.275 e. The van der Waals surface area contributed by atoms with Gasteiger partial charge in [0, 0.05) is 38.1 Å². The molecule has 1 saturated heterocycles. The van der Waals surface area contributed by atoms with Gasteiger partial charge in [-0.15, -0.1) is 0 Å². The Morgan fingerprint density at radius 3 is 2.30 bits per heavy atom. The molecule has 33 heavy (non-hydrogen) atoms. The molecule has 10 nitrogen and oxygen atoms in total. The predicted molar refractivity (Wildman–Crippen MR) is 121 cm³/mol. The summed E-state index contributed by atoms with van der Waals surface area (Å²) < 4.78 is 33.8. The standard InChI is InChI=1S/C22H27N5O5S/c1-14(2)13-27-21(28)18-8-6-5-7-17(18)19(23-27)22(29)25-9-11-26(12-10-25)33(30,31)20-15(3)24-32-16(20)4/h5-8,14H,9-13H2,1-4H3. The van der Waals surface area contributed by atoms with Crippen LogP contribution in [0.1, 0.15) is 35.8 Å². The van der Waals surface area contributed by atoms with E-state index in [0.29, 0.717) is 23.0 Å². The van der Waals surface area contributed by atoms with Crippen molar-refractivity contribution >= 4 is 26.7 Å². The molecule has 2 aromatic heterocycles. The highest BCUT2D eigenvalue weighted by Crippen LogP contribution is 2.25. The highest BCUT2D eigenvalue weighted by atomic mass is 32.2. The molecule has 3 heterocycles. The second kappa shape index (κ2) is 8.71. The molecule has 11 heteroatoms. The van der Waals surface area contributed by atoms with E-state index >= 15 is 0 Å². The zero-order chi connectivity index (χ0) is 23.9. The number of amides is 1. The third-order valence-corrected chi connectivity index (χ3v) is 7.84. The van der Waals surface area contributed by atoms with Crippen molar-refractivity contribution in [2.45, 2.75) is 39.1 Å². The largest absolute Gasteiger partial charge is 0.360 e. The molecule has 0 bridgehead atoms. The summed E-state index contributed by atoms with van der Waals surface area (Å²) in [6.45, 7) is 8.20. The number of hydrogen-bond donors (Lipinski definition) is 0. The summed E-state index contributed by atoms with van der Waals surface area (Å²) in [5.41, 5.74) is 0.285. The lowest BCUT2D eigenvalue weighted by molar-refractivity contribution is 0.0691. The number of nitrogens with zero attached hydrogens (tertiary/aromatic N) is 5. The van der Waals surface area contributed by atoms with Gasteiger partial charge in [-0.2, -0.15) is 9.40 Å². The first-order valence-corrected chi connectivity index (χ1v) is 12.3. The zero-order valence-corrected chi connectivity index (χ0v) is 19.9. The molecular weight excluding hydrogens is 446 g/mol. The maximum atomic E-state index is 13.4. The molecule has 1 fully saturated rings. The van der Waals surface area contributed by atoms with Gasteiger partial charge in [0.25, 0.3) is 11.5 Å². The molecule has 0 aliphatic carbocycles. The number of aromatic nitrogens is 3. The Labute approximate surface area is 191 Å². The molecular formula is C22H27N5O5S. The van der Waals surface area contributed by atoms with Gasteiger partial charge in [-0.25, -0.2) is 13.1 Å². The fourth-order valence-electron chi connectivity index (χ4n) is 4.12. The van der Waals surface area contributed by atoms with Crippen LogP contribution in [0.3, 0.4) is 0 Å². The highest BCUT2D eigenvalue weighted by molar-refractivity contribution is 7.89. The van der Waals surface area contributed by atoms with Crippen LogP contribution >= 0.6 is 0 Å². The van der Waals surface area contributed by atoms with E-state index in [1.807, 2.05) is 13.8 Å². The first-order chi connectivity index (χ1) is 15.6. The average Bonchev–Trinajstić information content (AvgIpc) is 3.13. The van der Waals surface area contributed by atoms with Crippen molar-refractivity contribution in [1.29, 1.82) is 0 Å². The lowest BCUT2D eigenvalue weighted by Crippen LogP contribution is -2.51. The third-order valence-electron chi connectivity index (χ3n) is 5.70. The third kappa shape index (κ3) is 4.18. The van der Waals surface area contributed by atoms with Crippen molar-refractivity contribution < 1.29 is 17.7 Å². The Bertz CT molecular complexity index is 1350. The van der Waals surface area contributed by atoms with Crippen molar-refractivity contribution in [3.05, 3.63) is 51.8 Å². The van der Waals surface area contributed by atoms with E-state index < -0.39 is 10.0 Å². The molecule has 0 saturated carbocycles. The molecule has 4 rings (SSSR count). The van der Waals surface area contributed by atoms with Crippen molar-refractivity contribution in [1.82, 2.24) is 24.1 Å². The van der Waals surface area contributed by atoms with Crippen LogP contribution in [-0.2, 0) is 16.6 Å². The molecule has 1 aliphatic heterocycles. The maximum Gasteiger partial charge on any atom is 0.275 e. The Morgan fingerprint density at radius 2 is 1.73 bits per heavy atom. The predicted octanol–water partition coefficient (Wildman–Crippen LogP) is 1.80. The van der Waals surface area contributed by atoms with Gasteiger partial charge in [-0.1, -0.05) is 37.2 Å². The van der Waals surface area contributed by atoms with E-state index in [0.717, 1.165) is 0 Å². The number of rotatable bonds is 5. The summed E-state index contributed by atoms with van der Waals surface area (Å²) in [6.07, 6.45) is 0. The molecule has 0 unspecified atom stereocenters. The van der Waals surface area contributed by atoms with Gasteiger partial charge in [0.15, 0.2) is 11.5 Å². The van der Waals surface area contributed by atoms with Crippen LogP contribution in [0.2, 0.25) is 0 Å². The Hall–Kier alpha value is -3.05. The molecule has 0 radical (unpaired) electrons. The number of aryl methyl sites for hydroxylation is 2. The van der Waals surface area contributed by atoms with Crippen LogP contribution < -0.4 is 5.56 Å². The van der Waals surface area contributed by atoms with Gasteiger partial charge >= 0.3 is 0 Å². The van der Waals surface area contributed by atoms with Gasteiger partial charge in [0.05, 0.1) is 5.39 Å². The number of sulfonamides is 1. The summed E-state index contributed by atoms with van der Waals surface area (Å²) in [7, 11) is -3.78. The molecule has 1 amide bonds. The zero-order valence-electron chi connectivity index (χ0n) is 19.1. The summed E-state index contributed by atoms with van der Waals surface area (Å²) in [5, 5.41) is 9.09. The Morgan fingerprint density at radius 1 is 1.09 bits per heavy atom. The van der Waals surface area contributed by atoms with Gasteiger partial charge in [0.2, 0.25) is 10.0 Å². The van der Waals surface area contributed by atoms with Gasteiger partial charge in [-0.05, 0) is 25.8 Å². The lowest BCUT2D eigenvalue weighted by atomic mass is 10.1. The monoisotopic (exact) mass is 473 g/mol. The summed E-state index contributed by atoms with van der Waals surface area (Å²) >= 11 is 0. The number of hydrogen-bond acceptors (Lipinski definition) is 7.